The van der Waals surface area contributed by atoms with Crippen LogP contribution >= 0.6 is 11.6 Å². The smallest absolute Gasteiger partial charge is 0.103 e. The zero-order valence-corrected chi connectivity index (χ0v) is 26.6. The molecule has 0 saturated heterocycles. The highest BCUT2D eigenvalue weighted by Gasteiger charge is 2.25. The number of anilines is 2. The fourth-order valence-electron chi connectivity index (χ4n) is 5.44. The van der Waals surface area contributed by atoms with Crippen molar-refractivity contribution in [3.63, 3.8) is 0 Å². The van der Waals surface area contributed by atoms with Gasteiger partial charge in [0.25, 0.3) is 0 Å². The molecule has 9 nitrogen and oxygen atoms in total. The van der Waals surface area contributed by atoms with Gasteiger partial charge in [-0.1, -0.05) is 54.9 Å². The lowest BCUT2D eigenvalue weighted by Crippen LogP contribution is -2.49. The number of aromatic nitrogens is 2. The van der Waals surface area contributed by atoms with Gasteiger partial charge in [0.15, 0.2) is 0 Å². The molecule has 2 aromatic carbocycles. The summed E-state index contributed by atoms with van der Waals surface area (Å²) in [5.41, 5.74) is 12.4. The lowest BCUT2D eigenvalue weighted by molar-refractivity contribution is -0.905. The number of likely N-dealkylation sites (N-methyl/N-ethyl adjacent to an activating group) is 1. The van der Waals surface area contributed by atoms with Crippen molar-refractivity contribution in [3.05, 3.63) is 107 Å². The molecular formula is C34H41ClN9+. The van der Waals surface area contributed by atoms with E-state index in [-0.39, 0.29) is 12.1 Å². The van der Waals surface area contributed by atoms with E-state index in [9.17, 15) is 5.26 Å². The molecule has 0 bridgehead atoms. The Bertz CT molecular complexity index is 1630. The van der Waals surface area contributed by atoms with E-state index >= 15 is 0 Å². The first-order chi connectivity index (χ1) is 21.4. The Morgan fingerprint density at radius 1 is 1.02 bits per heavy atom. The fraction of sp³-hybridized carbons (Fsp3) is 0.324. The maximum absolute atomic E-state index is 10.0. The Morgan fingerprint density at radius 3 is 2.48 bits per heavy atom. The van der Waals surface area contributed by atoms with Gasteiger partial charge in [-0.15, -0.1) is 5.53 Å². The minimum Gasteiger partial charge on any atom is -0.377 e. The van der Waals surface area contributed by atoms with Gasteiger partial charge in [-0.05, 0) is 49.6 Å². The highest BCUT2D eigenvalue weighted by molar-refractivity contribution is 6.35. The second-order valence-corrected chi connectivity index (χ2v) is 11.8. The van der Waals surface area contributed by atoms with E-state index in [2.05, 4.69) is 94.9 Å². The lowest BCUT2D eigenvalue weighted by atomic mass is 10.0. The molecule has 0 spiro atoms. The maximum Gasteiger partial charge on any atom is 0.103 e. The molecule has 0 fully saturated rings. The van der Waals surface area contributed by atoms with Crippen LogP contribution in [0.15, 0.2) is 85.1 Å². The van der Waals surface area contributed by atoms with Crippen molar-refractivity contribution in [2.45, 2.75) is 39.3 Å². The lowest BCUT2D eigenvalue weighted by Gasteiger charge is -2.33. The summed E-state index contributed by atoms with van der Waals surface area (Å²) >= 11 is 6.86. The summed E-state index contributed by atoms with van der Waals surface area (Å²) in [7, 11) is 2.29. The van der Waals surface area contributed by atoms with Crippen molar-refractivity contribution < 1.29 is 4.48 Å². The average Bonchev–Trinajstić information content (AvgIpc) is 3.54. The van der Waals surface area contributed by atoms with E-state index in [0.717, 1.165) is 70.7 Å². The summed E-state index contributed by atoms with van der Waals surface area (Å²) in [6, 6.07) is 20.2. The van der Waals surface area contributed by atoms with Gasteiger partial charge in [-0.2, -0.15) is 5.26 Å². The number of fused-ring (bicyclic) bond motifs is 1. The summed E-state index contributed by atoms with van der Waals surface area (Å²) in [5, 5.41) is 20.7. The molecule has 228 valence electrons. The molecule has 0 radical (unpaired) electrons. The minimum atomic E-state index is -0.246. The number of halogens is 1. The molecule has 0 aliphatic carbocycles. The number of nitrogens with zero attached hydrogens (tertiary/aromatic N) is 5. The molecule has 44 heavy (non-hydrogen) atoms. The van der Waals surface area contributed by atoms with Crippen molar-refractivity contribution >= 4 is 33.9 Å². The molecule has 0 saturated carbocycles. The van der Waals surface area contributed by atoms with Crippen molar-refractivity contribution in [2.75, 3.05) is 43.9 Å². The van der Waals surface area contributed by atoms with Crippen LogP contribution in [0.5, 0.6) is 0 Å². The predicted molar refractivity (Wildman–Crippen MR) is 178 cm³/mol. The zero-order valence-electron chi connectivity index (χ0n) is 25.8. The Hall–Kier alpha value is -4.36. The van der Waals surface area contributed by atoms with Crippen molar-refractivity contribution in [2.24, 2.45) is 0 Å². The Morgan fingerprint density at radius 2 is 1.80 bits per heavy atom. The van der Waals surface area contributed by atoms with Crippen molar-refractivity contribution in [1.29, 1.82) is 5.26 Å². The number of hydrazine groups is 2. The Balaban J connectivity index is 1.50. The monoisotopic (exact) mass is 610 g/mol. The first kappa shape index (κ1) is 31.1. The second kappa shape index (κ2) is 14.0. The van der Waals surface area contributed by atoms with Gasteiger partial charge in [0.2, 0.25) is 0 Å². The van der Waals surface area contributed by atoms with Crippen molar-refractivity contribution in [1.82, 2.24) is 25.9 Å². The molecule has 4 N–H and O–H groups in total. The predicted octanol–water partition coefficient (Wildman–Crippen LogP) is 6.52. The third kappa shape index (κ3) is 6.89. The number of benzene rings is 2. The number of rotatable bonds is 13. The van der Waals surface area contributed by atoms with Gasteiger partial charge in [-0.25, -0.2) is 0 Å². The molecule has 2 aromatic heterocycles. The number of quaternary nitrogens is 1. The Labute approximate surface area is 265 Å². The second-order valence-electron chi connectivity index (χ2n) is 11.4. The third-order valence-corrected chi connectivity index (χ3v) is 8.95. The maximum atomic E-state index is 10.0. The summed E-state index contributed by atoms with van der Waals surface area (Å²) in [6.07, 6.45) is 8.17. The van der Waals surface area contributed by atoms with Gasteiger partial charge in [-0.3, -0.25) is 15.0 Å². The first-order valence-electron chi connectivity index (χ1n) is 15.2. The molecule has 10 heteroatoms. The highest BCUT2D eigenvalue weighted by Crippen LogP contribution is 2.37. The molecule has 0 amide bonds. The van der Waals surface area contributed by atoms with Gasteiger partial charge in [0, 0.05) is 35.9 Å². The zero-order chi connectivity index (χ0) is 31.1. The minimum absolute atomic E-state index is 0.0122. The van der Waals surface area contributed by atoms with Gasteiger partial charge in [0.05, 0.1) is 72.8 Å². The number of pyridine rings is 2. The molecule has 4 aromatic rings. The summed E-state index contributed by atoms with van der Waals surface area (Å²) in [5.74, 6) is 0. The van der Waals surface area contributed by atoms with Crippen molar-refractivity contribution in [3.8, 4) is 6.07 Å². The van der Waals surface area contributed by atoms with Gasteiger partial charge in [0.1, 0.15) is 6.07 Å². The summed E-state index contributed by atoms with van der Waals surface area (Å²) in [4.78, 5) is 8.95. The normalized spacial score (nSPS) is 14.5. The third-order valence-electron chi connectivity index (χ3n) is 8.66. The summed E-state index contributed by atoms with van der Waals surface area (Å²) < 4.78 is 0.999. The number of nitriles is 1. The van der Waals surface area contributed by atoms with E-state index in [1.165, 1.54) is 0 Å². The number of nitrogens with one attached hydrogen (secondary N) is 4. The molecule has 5 rings (SSSR count). The van der Waals surface area contributed by atoms with E-state index in [0.29, 0.717) is 16.1 Å². The van der Waals surface area contributed by atoms with Gasteiger partial charge >= 0.3 is 0 Å². The largest absolute Gasteiger partial charge is 0.377 e. The van der Waals surface area contributed by atoms with E-state index in [1.54, 1.807) is 12.4 Å². The fourth-order valence-corrected chi connectivity index (χ4v) is 5.71. The molecular weight excluding hydrogens is 570 g/mol. The van der Waals surface area contributed by atoms with Crippen LogP contribution in [0.1, 0.15) is 56.0 Å². The quantitative estimate of drug-likeness (QED) is 0.127. The van der Waals surface area contributed by atoms with Crippen LogP contribution in [0.4, 0.5) is 11.4 Å². The van der Waals surface area contributed by atoms with E-state index in [1.807, 2.05) is 42.6 Å². The first-order valence-corrected chi connectivity index (χ1v) is 15.6. The molecule has 0 unspecified atom stereocenters. The SMILES string of the molecule is CC[C@@H](Nc1c(C#N)cnc2c(Cl)cc(N[C@H](C3=CN(CC[N+](C)(CC)CC)NN3)c3cccnc3)cc12)c1ccccc1. The number of hydrogen-bond acceptors (Lipinski definition) is 8. The van der Waals surface area contributed by atoms with Crippen LogP contribution in [0.2, 0.25) is 5.02 Å². The molecule has 2 atom stereocenters. The van der Waals surface area contributed by atoms with Crippen LogP contribution in [-0.4, -0.2) is 52.7 Å². The molecule has 1 aliphatic rings. The topological polar surface area (TPSA) is 101 Å². The molecule has 3 heterocycles. The van der Waals surface area contributed by atoms with E-state index in [4.69, 9.17) is 11.6 Å². The molecule has 1 aliphatic heterocycles. The van der Waals surface area contributed by atoms with Crippen LogP contribution in [-0.2, 0) is 0 Å². The number of hydrogen-bond donors (Lipinski definition) is 4. The van der Waals surface area contributed by atoms with Crippen LogP contribution in [0.25, 0.3) is 10.9 Å². The average molecular weight is 611 g/mol. The van der Waals surface area contributed by atoms with Crippen LogP contribution < -0.4 is 21.6 Å². The Kier molecular flexibility index (Phi) is 9.85. The summed E-state index contributed by atoms with van der Waals surface area (Å²) in [6.45, 7) is 10.6. The standard InChI is InChI=1S/C34H41ClN9/c1-5-30(24-12-9-8-10-13-24)40-32-26(20-36)22-38-34-28(32)18-27(19-29(34)35)39-33(25-14-11-15-37-21-25)31-23-43(42-41-31)16-17-44(4,6-2)7-3/h8-15,18-19,21-23,30,33,39,41-42H,5-7,16-17H2,1-4H3,(H,38,40)/q+1/t30-,33+/m1/s1. The highest BCUT2D eigenvalue weighted by atomic mass is 35.5. The van der Waals surface area contributed by atoms with Gasteiger partial charge < -0.3 is 20.5 Å². The van der Waals surface area contributed by atoms with E-state index < -0.39 is 0 Å². The van der Waals surface area contributed by atoms with Crippen LogP contribution in [0, 0.1) is 11.3 Å². The van der Waals surface area contributed by atoms with Crippen LogP contribution in [0.3, 0.4) is 0 Å².